The highest BCUT2D eigenvalue weighted by Crippen LogP contribution is 2.35. The van der Waals surface area contributed by atoms with Gasteiger partial charge in [-0.3, -0.25) is 0 Å². The Bertz CT molecular complexity index is 1040. The Labute approximate surface area is 157 Å². The molecule has 0 saturated heterocycles. The molecule has 0 amide bonds. The summed E-state index contributed by atoms with van der Waals surface area (Å²) >= 11 is 6.31. The molecule has 3 heterocycles. The summed E-state index contributed by atoms with van der Waals surface area (Å²) in [6.45, 7) is 7.42. The van der Waals surface area contributed by atoms with E-state index >= 15 is 0 Å². The third-order valence-electron chi connectivity index (χ3n) is 3.79. The molecule has 0 aliphatic carbocycles. The van der Waals surface area contributed by atoms with Crippen LogP contribution in [0.25, 0.3) is 22.2 Å². The fraction of sp³-hybridized carbons (Fsp3) is 0.316. The topological polar surface area (TPSA) is 89.9 Å². The zero-order valence-corrected chi connectivity index (χ0v) is 15.8. The summed E-state index contributed by atoms with van der Waals surface area (Å²) in [5.41, 5.74) is 7.56. The Morgan fingerprint density at radius 2 is 2.00 bits per heavy atom. The number of aliphatic hydroxyl groups is 1. The van der Waals surface area contributed by atoms with Crippen LogP contribution in [0.2, 0.25) is 5.02 Å². The standard InChI is InChI=1S/C19H20ClN5O/c1-11(2)25-10-14(17-15(20)8-23-18(21)24-17)13-7-12(22-9-16(13)25)5-6-19(3,4)26/h7-11,26H,1-4H3,(H2,21,23,24). The molecule has 0 aliphatic rings. The van der Waals surface area contributed by atoms with E-state index in [9.17, 15) is 5.11 Å². The van der Waals surface area contributed by atoms with E-state index in [1.54, 1.807) is 20.0 Å². The van der Waals surface area contributed by atoms with Crippen molar-refractivity contribution in [3.63, 3.8) is 0 Å². The number of anilines is 1. The van der Waals surface area contributed by atoms with Crippen molar-refractivity contribution in [2.45, 2.75) is 39.3 Å². The predicted molar refractivity (Wildman–Crippen MR) is 104 cm³/mol. The maximum Gasteiger partial charge on any atom is 0.220 e. The Hall–Kier alpha value is -2.62. The first-order valence-corrected chi connectivity index (χ1v) is 8.58. The fourth-order valence-electron chi connectivity index (χ4n) is 2.62. The monoisotopic (exact) mass is 369 g/mol. The second kappa shape index (κ2) is 6.60. The molecule has 3 aromatic heterocycles. The first-order chi connectivity index (χ1) is 12.2. The summed E-state index contributed by atoms with van der Waals surface area (Å²) in [4.78, 5) is 12.6. The van der Waals surface area contributed by atoms with Gasteiger partial charge in [-0.25, -0.2) is 15.0 Å². The number of fused-ring (bicyclic) bond motifs is 1. The normalized spacial score (nSPS) is 11.7. The highest BCUT2D eigenvalue weighted by atomic mass is 35.5. The fourth-order valence-corrected chi connectivity index (χ4v) is 2.81. The molecule has 3 aromatic rings. The molecule has 0 atom stereocenters. The van der Waals surface area contributed by atoms with Crippen LogP contribution in [0.1, 0.15) is 39.4 Å². The quantitative estimate of drug-likeness (QED) is 0.675. The van der Waals surface area contributed by atoms with Gasteiger partial charge in [0.2, 0.25) is 5.95 Å². The molecular weight excluding hydrogens is 350 g/mol. The van der Waals surface area contributed by atoms with Gasteiger partial charge in [0.1, 0.15) is 11.3 Å². The summed E-state index contributed by atoms with van der Waals surface area (Å²) in [5.74, 6) is 5.84. The van der Waals surface area contributed by atoms with Crippen LogP contribution in [-0.2, 0) is 0 Å². The zero-order chi connectivity index (χ0) is 19.1. The SMILES string of the molecule is CC(C)n1cc(-c2nc(N)ncc2Cl)c2cc(C#CC(C)(C)O)ncc21. The molecule has 0 unspecified atom stereocenters. The van der Waals surface area contributed by atoms with Crippen LogP contribution in [0.15, 0.2) is 24.7 Å². The van der Waals surface area contributed by atoms with E-state index < -0.39 is 5.60 Å². The van der Waals surface area contributed by atoms with Gasteiger partial charge in [0.05, 0.1) is 28.6 Å². The van der Waals surface area contributed by atoms with Crippen LogP contribution < -0.4 is 5.73 Å². The molecule has 134 valence electrons. The van der Waals surface area contributed by atoms with E-state index in [0.29, 0.717) is 16.4 Å². The van der Waals surface area contributed by atoms with Crippen LogP contribution in [0.4, 0.5) is 5.95 Å². The van der Waals surface area contributed by atoms with E-state index in [4.69, 9.17) is 17.3 Å². The van der Waals surface area contributed by atoms with Gasteiger partial charge in [0.25, 0.3) is 0 Å². The van der Waals surface area contributed by atoms with Crippen molar-refractivity contribution in [1.82, 2.24) is 19.5 Å². The van der Waals surface area contributed by atoms with E-state index in [1.165, 1.54) is 6.20 Å². The second-order valence-electron chi connectivity index (χ2n) is 6.86. The van der Waals surface area contributed by atoms with E-state index in [2.05, 4.69) is 45.2 Å². The van der Waals surface area contributed by atoms with Crippen LogP contribution in [0.5, 0.6) is 0 Å². The van der Waals surface area contributed by atoms with Crippen LogP contribution >= 0.6 is 11.6 Å². The van der Waals surface area contributed by atoms with Gasteiger partial charge < -0.3 is 15.4 Å². The molecule has 6 nitrogen and oxygen atoms in total. The van der Waals surface area contributed by atoms with Gasteiger partial charge in [0, 0.05) is 23.2 Å². The molecule has 0 aliphatic heterocycles. The third kappa shape index (κ3) is 3.64. The van der Waals surface area contributed by atoms with Crippen molar-refractivity contribution < 1.29 is 5.11 Å². The van der Waals surface area contributed by atoms with Gasteiger partial charge in [-0.05, 0) is 39.7 Å². The predicted octanol–water partition coefficient (Wildman–Crippen LogP) is 3.43. The highest BCUT2D eigenvalue weighted by Gasteiger charge is 2.17. The second-order valence-corrected chi connectivity index (χ2v) is 7.27. The van der Waals surface area contributed by atoms with Crippen LogP contribution in [0.3, 0.4) is 0 Å². The molecule has 0 bridgehead atoms. The number of nitrogens with zero attached hydrogens (tertiary/aromatic N) is 4. The Kier molecular flexibility index (Phi) is 4.61. The first-order valence-electron chi connectivity index (χ1n) is 8.20. The van der Waals surface area contributed by atoms with Crippen LogP contribution in [-0.4, -0.2) is 30.2 Å². The van der Waals surface area contributed by atoms with Crippen molar-refractivity contribution >= 4 is 28.5 Å². The number of nitrogen functional groups attached to an aromatic ring is 1. The maximum atomic E-state index is 9.81. The lowest BCUT2D eigenvalue weighted by Gasteiger charge is -2.08. The number of aromatic nitrogens is 4. The Morgan fingerprint density at radius 1 is 1.27 bits per heavy atom. The summed E-state index contributed by atoms with van der Waals surface area (Å²) < 4.78 is 2.10. The number of hydrogen-bond acceptors (Lipinski definition) is 5. The third-order valence-corrected chi connectivity index (χ3v) is 4.07. The molecule has 26 heavy (non-hydrogen) atoms. The first kappa shape index (κ1) is 18.2. The Morgan fingerprint density at radius 3 is 2.65 bits per heavy atom. The summed E-state index contributed by atoms with van der Waals surface area (Å²) in [7, 11) is 0. The number of pyridine rings is 1. The molecule has 0 radical (unpaired) electrons. The molecule has 3 N–H and O–H groups in total. The van der Waals surface area contributed by atoms with Gasteiger partial charge in [-0.15, -0.1) is 0 Å². The smallest absolute Gasteiger partial charge is 0.220 e. The van der Waals surface area contributed by atoms with Crippen molar-refractivity contribution in [3.8, 4) is 23.1 Å². The van der Waals surface area contributed by atoms with Crippen molar-refractivity contribution in [2.24, 2.45) is 0 Å². The molecule has 0 aromatic carbocycles. The van der Waals surface area contributed by atoms with E-state index in [0.717, 1.165) is 16.5 Å². The van der Waals surface area contributed by atoms with Crippen molar-refractivity contribution in [1.29, 1.82) is 0 Å². The number of halogens is 1. The molecule has 3 rings (SSSR count). The lowest BCUT2D eigenvalue weighted by atomic mass is 10.1. The number of rotatable bonds is 2. The van der Waals surface area contributed by atoms with E-state index in [1.807, 2.05) is 12.3 Å². The molecule has 7 heteroatoms. The number of hydrogen-bond donors (Lipinski definition) is 2. The zero-order valence-electron chi connectivity index (χ0n) is 15.1. The minimum absolute atomic E-state index is 0.158. The van der Waals surface area contributed by atoms with Crippen LogP contribution in [0, 0.1) is 11.8 Å². The van der Waals surface area contributed by atoms with Gasteiger partial charge in [-0.1, -0.05) is 17.5 Å². The summed E-state index contributed by atoms with van der Waals surface area (Å²) in [5, 5.41) is 11.1. The molecule has 0 fully saturated rings. The van der Waals surface area contributed by atoms with Gasteiger partial charge >= 0.3 is 0 Å². The minimum Gasteiger partial charge on any atom is -0.378 e. The summed E-state index contributed by atoms with van der Waals surface area (Å²) in [6, 6.07) is 2.09. The lowest BCUT2D eigenvalue weighted by molar-refractivity contribution is 0.143. The van der Waals surface area contributed by atoms with Gasteiger partial charge in [0.15, 0.2) is 0 Å². The van der Waals surface area contributed by atoms with Crippen molar-refractivity contribution in [2.75, 3.05) is 5.73 Å². The average Bonchev–Trinajstić information content (AvgIpc) is 2.93. The minimum atomic E-state index is -1.09. The average molecular weight is 370 g/mol. The van der Waals surface area contributed by atoms with Gasteiger partial charge in [-0.2, -0.15) is 0 Å². The van der Waals surface area contributed by atoms with E-state index in [-0.39, 0.29) is 12.0 Å². The summed E-state index contributed by atoms with van der Waals surface area (Å²) in [6.07, 6.45) is 5.25. The van der Waals surface area contributed by atoms with Crippen molar-refractivity contribution in [3.05, 3.63) is 35.4 Å². The molecule has 0 saturated carbocycles. The molecular formula is C19H20ClN5O. The largest absolute Gasteiger partial charge is 0.378 e. The molecule has 0 spiro atoms. The number of nitrogens with two attached hydrogens (primary N) is 1. The highest BCUT2D eigenvalue weighted by molar-refractivity contribution is 6.33. The Balaban J connectivity index is 2.27. The lowest BCUT2D eigenvalue weighted by Crippen LogP contribution is -2.14. The maximum absolute atomic E-state index is 9.81.